The molecule has 24 heavy (non-hydrogen) atoms. The Bertz CT molecular complexity index is 559. The number of aliphatic carboxylic acids is 1. The van der Waals surface area contributed by atoms with Gasteiger partial charge in [-0.05, 0) is 26.3 Å². The van der Waals surface area contributed by atoms with Crippen LogP contribution in [0, 0.1) is 0 Å². The summed E-state index contributed by atoms with van der Waals surface area (Å²) in [6.07, 6.45) is -0.565. The summed E-state index contributed by atoms with van der Waals surface area (Å²) in [5, 5.41) is 9.46. The number of carboxylic acid groups (broad SMARTS) is 1. The van der Waals surface area contributed by atoms with Crippen molar-refractivity contribution in [3.8, 4) is 0 Å². The molecule has 1 amide bonds. The summed E-state index contributed by atoms with van der Waals surface area (Å²) in [7, 11) is 0. The molecule has 1 aromatic rings. The van der Waals surface area contributed by atoms with E-state index in [0.717, 1.165) is 5.56 Å². The lowest BCUT2D eigenvalue weighted by Gasteiger charge is -2.39. The van der Waals surface area contributed by atoms with E-state index in [1.165, 1.54) is 4.90 Å². The van der Waals surface area contributed by atoms with Crippen LogP contribution in [0.2, 0.25) is 0 Å². The van der Waals surface area contributed by atoms with Crippen molar-refractivity contribution in [2.24, 2.45) is 0 Å². The van der Waals surface area contributed by atoms with Crippen LogP contribution in [0.5, 0.6) is 0 Å². The first-order chi connectivity index (χ1) is 10.8. The number of amides is 1. The molecule has 6 nitrogen and oxygen atoms in total. The van der Waals surface area contributed by atoms with Gasteiger partial charge in [0.1, 0.15) is 11.6 Å². The maximum Gasteiger partial charge on any atom is 0.411 e. The Labute approximate surface area is 148 Å². The second-order valence-corrected chi connectivity index (χ2v) is 6.75. The molecule has 1 N–H and O–H groups in total. The number of nitrogens with zero attached hydrogens (tertiary/aromatic N) is 2. The zero-order valence-corrected chi connectivity index (χ0v) is 15.1. The van der Waals surface area contributed by atoms with Crippen LogP contribution in [-0.4, -0.2) is 58.2 Å². The fraction of sp³-hybridized carbons (Fsp3) is 0.529. The van der Waals surface area contributed by atoms with E-state index >= 15 is 0 Å². The number of rotatable bonds is 3. The van der Waals surface area contributed by atoms with Gasteiger partial charge >= 0.3 is 12.1 Å². The van der Waals surface area contributed by atoms with Crippen molar-refractivity contribution >= 4 is 24.5 Å². The van der Waals surface area contributed by atoms with Gasteiger partial charge in [-0.3, -0.25) is 9.80 Å². The number of halogens is 1. The largest absolute Gasteiger partial charge is 0.480 e. The molecule has 0 aliphatic carbocycles. The first kappa shape index (κ1) is 20.3. The maximum atomic E-state index is 12.2. The van der Waals surface area contributed by atoms with Crippen molar-refractivity contribution in [3.63, 3.8) is 0 Å². The zero-order valence-electron chi connectivity index (χ0n) is 14.3. The highest BCUT2D eigenvalue weighted by atomic mass is 35.5. The summed E-state index contributed by atoms with van der Waals surface area (Å²) in [5.41, 5.74) is 0.490. The molecule has 0 aromatic heterocycles. The second-order valence-electron chi connectivity index (χ2n) is 6.75. The number of hydrogen-bond acceptors (Lipinski definition) is 4. The molecule has 1 unspecified atom stereocenters. The van der Waals surface area contributed by atoms with E-state index < -0.39 is 23.7 Å². The van der Waals surface area contributed by atoms with Crippen molar-refractivity contribution in [2.75, 3.05) is 19.6 Å². The number of ether oxygens (including phenoxy) is 1. The number of carbonyl (C=O) groups excluding carboxylic acids is 1. The van der Waals surface area contributed by atoms with Gasteiger partial charge in [0.25, 0.3) is 0 Å². The predicted molar refractivity (Wildman–Crippen MR) is 93.3 cm³/mol. The summed E-state index contributed by atoms with van der Waals surface area (Å²) >= 11 is 0. The van der Waals surface area contributed by atoms with Gasteiger partial charge in [-0.1, -0.05) is 30.3 Å². The molecular weight excluding hydrogens is 332 g/mol. The number of carboxylic acids is 1. The van der Waals surface area contributed by atoms with Crippen molar-refractivity contribution in [1.29, 1.82) is 0 Å². The summed E-state index contributed by atoms with van der Waals surface area (Å²) in [4.78, 5) is 27.1. The third kappa shape index (κ3) is 5.69. The van der Waals surface area contributed by atoms with Gasteiger partial charge < -0.3 is 9.84 Å². The molecule has 1 atom stereocenters. The van der Waals surface area contributed by atoms with Crippen LogP contribution < -0.4 is 0 Å². The molecule has 1 heterocycles. The van der Waals surface area contributed by atoms with E-state index in [2.05, 4.69) is 4.90 Å². The molecule has 0 saturated carbocycles. The summed E-state index contributed by atoms with van der Waals surface area (Å²) in [5.74, 6) is -1.01. The average molecular weight is 357 g/mol. The van der Waals surface area contributed by atoms with Gasteiger partial charge in [-0.15, -0.1) is 12.4 Å². The van der Waals surface area contributed by atoms with E-state index in [1.807, 2.05) is 30.3 Å². The van der Waals surface area contributed by atoms with Crippen LogP contribution in [0.15, 0.2) is 30.3 Å². The van der Waals surface area contributed by atoms with Gasteiger partial charge in [0.2, 0.25) is 0 Å². The SMILES string of the molecule is CC(C)(C)OC(=O)N1CCN(Cc2ccccc2)CC1C(=O)O.Cl. The van der Waals surface area contributed by atoms with E-state index in [-0.39, 0.29) is 12.4 Å². The molecule has 0 spiro atoms. The molecule has 1 fully saturated rings. The van der Waals surface area contributed by atoms with E-state index in [4.69, 9.17) is 4.74 Å². The Morgan fingerprint density at radius 1 is 1.21 bits per heavy atom. The summed E-state index contributed by atoms with van der Waals surface area (Å²) in [6.45, 7) is 7.25. The number of benzene rings is 1. The highest BCUT2D eigenvalue weighted by Gasteiger charge is 2.37. The number of carbonyl (C=O) groups is 2. The van der Waals surface area contributed by atoms with E-state index in [9.17, 15) is 14.7 Å². The normalized spacial score (nSPS) is 18.6. The Hall–Kier alpha value is -1.79. The smallest absolute Gasteiger partial charge is 0.411 e. The van der Waals surface area contributed by atoms with Crippen LogP contribution in [0.4, 0.5) is 4.79 Å². The molecule has 1 aliphatic heterocycles. The molecular formula is C17H25ClN2O4. The minimum absolute atomic E-state index is 0. The standard InChI is InChI=1S/C17H24N2O4.ClH/c1-17(2,3)23-16(22)19-10-9-18(12-14(19)15(20)21)11-13-7-5-4-6-8-13;/h4-8,14H,9-12H2,1-3H3,(H,20,21);1H. The molecule has 1 saturated heterocycles. The number of piperazine rings is 1. The fourth-order valence-electron chi connectivity index (χ4n) is 2.58. The highest BCUT2D eigenvalue weighted by Crippen LogP contribution is 2.17. The summed E-state index contributed by atoms with van der Waals surface area (Å²) < 4.78 is 5.32. The minimum atomic E-state index is -1.01. The Morgan fingerprint density at radius 2 is 1.83 bits per heavy atom. The molecule has 134 valence electrons. The maximum absolute atomic E-state index is 12.2. The van der Waals surface area contributed by atoms with Gasteiger partial charge in [0.15, 0.2) is 0 Å². The average Bonchev–Trinajstić information content (AvgIpc) is 2.46. The third-order valence-corrected chi connectivity index (χ3v) is 3.63. The molecule has 1 aromatic carbocycles. The lowest BCUT2D eigenvalue weighted by molar-refractivity contribution is -0.145. The molecule has 0 radical (unpaired) electrons. The lowest BCUT2D eigenvalue weighted by atomic mass is 10.1. The molecule has 1 aliphatic rings. The first-order valence-corrected chi connectivity index (χ1v) is 7.75. The van der Waals surface area contributed by atoms with Crippen molar-refractivity contribution < 1.29 is 19.4 Å². The van der Waals surface area contributed by atoms with Crippen LogP contribution >= 0.6 is 12.4 Å². The predicted octanol–water partition coefficient (Wildman–Crippen LogP) is 2.61. The van der Waals surface area contributed by atoms with Crippen LogP contribution in [0.1, 0.15) is 26.3 Å². The zero-order chi connectivity index (χ0) is 17.0. The molecule has 2 rings (SSSR count). The molecule has 0 bridgehead atoms. The van der Waals surface area contributed by atoms with Crippen molar-refractivity contribution in [2.45, 2.75) is 39.0 Å². The van der Waals surface area contributed by atoms with Crippen LogP contribution in [0.25, 0.3) is 0 Å². The Morgan fingerprint density at radius 3 is 2.38 bits per heavy atom. The van der Waals surface area contributed by atoms with Crippen LogP contribution in [-0.2, 0) is 16.1 Å². The molecule has 7 heteroatoms. The quantitative estimate of drug-likeness (QED) is 0.901. The first-order valence-electron chi connectivity index (χ1n) is 7.75. The summed E-state index contributed by atoms with van der Waals surface area (Å²) in [6, 6.07) is 9.00. The van der Waals surface area contributed by atoms with E-state index in [1.54, 1.807) is 20.8 Å². The lowest BCUT2D eigenvalue weighted by Crippen LogP contribution is -2.58. The van der Waals surface area contributed by atoms with Crippen LogP contribution in [0.3, 0.4) is 0 Å². The van der Waals surface area contributed by atoms with Crippen molar-refractivity contribution in [1.82, 2.24) is 9.80 Å². The highest BCUT2D eigenvalue weighted by molar-refractivity contribution is 5.85. The van der Waals surface area contributed by atoms with Gasteiger partial charge in [0, 0.05) is 26.2 Å². The van der Waals surface area contributed by atoms with E-state index in [0.29, 0.717) is 26.2 Å². The van der Waals surface area contributed by atoms with Gasteiger partial charge in [-0.2, -0.15) is 0 Å². The van der Waals surface area contributed by atoms with Gasteiger partial charge in [0.05, 0.1) is 0 Å². The minimum Gasteiger partial charge on any atom is -0.480 e. The fourth-order valence-corrected chi connectivity index (χ4v) is 2.58. The third-order valence-electron chi connectivity index (χ3n) is 3.63. The number of hydrogen-bond donors (Lipinski definition) is 1. The Balaban J connectivity index is 0.00000288. The van der Waals surface area contributed by atoms with Gasteiger partial charge in [-0.25, -0.2) is 9.59 Å². The topological polar surface area (TPSA) is 70.1 Å². The van der Waals surface area contributed by atoms with Crippen molar-refractivity contribution in [3.05, 3.63) is 35.9 Å². The monoisotopic (exact) mass is 356 g/mol. The second kappa shape index (κ2) is 8.35. The Kier molecular flexibility index (Phi) is 7.05.